The zero-order chi connectivity index (χ0) is 34.7. The van der Waals surface area contributed by atoms with Crippen LogP contribution in [0.2, 0.25) is 0 Å². The maximum atomic E-state index is 12.5. The third kappa shape index (κ3) is 21.1. The van der Waals surface area contributed by atoms with Crippen LogP contribution in [0.15, 0.2) is 60.7 Å². The second kappa shape index (κ2) is 26.2. The van der Waals surface area contributed by atoms with Crippen molar-refractivity contribution in [2.45, 2.75) is 135 Å². The van der Waals surface area contributed by atoms with E-state index in [1.165, 1.54) is 12.0 Å². The average molecular weight is 665 g/mol. The Bertz CT molecular complexity index is 1180. The van der Waals surface area contributed by atoms with Crippen molar-refractivity contribution in [2.24, 2.45) is 0 Å². The van der Waals surface area contributed by atoms with Gasteiger partial charge in [0, 0.05) is 24.2 Å². The number of nitrogens with two attached hydrogens (primary N) is 2. The third-order valence-corrected chi connectivity index (χ3v) is 8.23. The van der Waals surface area contributed by atoms with E-state index in [1.54, 1.807) is 0 Å². The summed E-state index contributed by atoms with van der Waals surface area (Å²) in [5.74, 6) is -0.823. The molecule has 0 amide bonds. The molecule has 0 saturated carbocycles. The van der Waals surface area contributed by atoms with Crippen LogP contribution in [0.5, 0.6) is 0 Å². The van der Waals surface area contributed by atoms with Crippen molar-refractivity contribution in [3.8, 4) is 0 Å². The molecule has 8 nitrogen and oxygen atoms in total. The molecule has 0 saturated heterocycles. The fraction of sp³-hybridized carbons (Fsp3) is 0.575. The highest BCUT2D eigenvalue weighted by Gasteiger charge is 2.15. The molecule has 0 spiro atoms. The van der Waals surface area contributed by atoms with E-state index in [9.17, 15) is 14.4 Å². The number of esters is 3. The molecule has 0 aliphatic heterocycles. The number of hydrogen-bond donors (Lipinski definition) is 2. The number of rotatable bonds is 27. The Morgan fingerprint density at radius 1 is 0.604 bits per heavy atom. The molecule has 2 aromatic rings. The Morgan fingerprint density at radius 3 is 1.73 bits per heavy atom. The van der Waals surface area contributed by atoms with Gasteiger partial charge < -0.3 is 25.7 Å². The summed E-state index contributed by atoms with van der Waals surface area (Å²) in [6.07, 6.45) is 20.1. The predicted octanol–water partition coefficient (Wildman–Crippen LogP) is 8.84. The molecule has 0 fully saturated rings. The number of ether oxygens (including phenoxy) is 3. The van der Waals surface area contributed by atoms with Crippen LogP contribution in [-0.4, -0.2) is 37.2 Å². The van der Waals surface area contributed by atoms with Crippen LogP contribution in [0.1, 0.15) is 127 Å². The van der Waals surface area contributed by atoms with Crippen LogP contribution in [0.4, 0.5) is 11.4 Å². The number of benzene rings is 2. The van der Waals surface area contributed by atoms with Crippen molar-refractivity contribution in [3.63, 3.8) is 0 Å². The minimum atomic E-state index is -0.370. The van der Waals surface area contributed by atoms with Gasteiger partial charge in [0.2, 0.25) is 0 Å². The predicted molar refractivity (Wildman–Crippen MR) is 194 cm³/mol. The van der Waals surface area contributed by atoms with Gasteiger partial charge in [0.1, 0.15) is 6.10 Å². The number of allylic oxidation sites excluding steroid dienone is 1. The van der Waals surface area contributed by atoms with Crippen LogP contribution in [-0.2, 0) is 41.4 Å². The molecule has 0 aliphatic rings. The molecule has 2 rings (SSSR count). The van der Waals surface area contributed by atoms with Crippen LogP contribution >= 0.6 is 0 Å². The first kappa shape index (κ1) is 40.4. The largest absolute Gasteiger partial charge is 0.466 e. The number of unbranched alkanes of at least 4 members (excludes halogenated alkanes) is 8. The highest BCUT2D eigenvalue weighted by Crippen LogP contribution is 2.15. The van der Waals surface area contributed by atoms with Crippen molar-refractivity contribution in [1.29, 1.82) is 0 Å². The molecule has 8 heteroatoms. The van der Waals surface area contributed by atoms with Crippen molar-refractivity contribution in [2.75, 3.05) is 24.7 Å². The molecule has 0 heterocycles. The van der Waals surface area contributed by atoms with Crippen molar-refractivity contribution in [1.82, 2.24) is 0 Å². The Kier molecular flexibility index (Phi) is 22.0. The first-order chi connectivity index (χ1) is 23.4. The van der Waals surface area contributed by atoms with Gasteiger partial charge in [0.25, 0.3) is 0 Å². The van der Waals surface area contributed by atoms with Crippen molar-refractivity contribution in [3.05, 3.63) is 71.8 Å². The number of hydrogen-bond acceptors (Lipinski definition) is 8. The van der Waals surface area contributed by atoms with Gasteiger partial charge in [-0.05, 0) is 93.2 Å². The lowest BCUT2D eigenvalue weighted by molar-refractivity contribution is -0.153. The van der Waals surface area contributed by atoms with Gasteiger partial charge in [0.15, 0.2) is 0 Å². The summed E-state index contributed by atoms with van der Waals surface area (Å²) in [6, 6.07) is 15.5. The Morgan fingerprint density at radius 2 is 1.12 bits per heavy atom. The SMILES string of the molecule is CCCCCC[C@H](C/C=C\CCCCCCCC(=O)OCCCc1ccc(N)cc1)OC(=O)CCC(=O)OCCCc1ccc(N)cc1. The van der Waals surface area contributed by atoms with Gasteiger partial charge in [-0.25, -0.2) is 0 Å². The van der Waals surface area contributed by atoms with E-state index in [-0.39, 0.29) is 36.9 Å². The Labute approximate surface area is 289 Å². The number of carbonyl (C=O) groups is 3. The lowest BCUT2D eigenvalue weighted by Crippen LogP contribution is -2.19. The summed E-state index contributed by atoms with van der Waals surface area (Å²) in [5.41, 5.74) is 15.2. The highest BCUT2D eigenvalue weighted by atomic mass is 16.5. The fourth-order valence-electron chi connectivity index (χ4n) is 5.34. The first-order valence-corrected chi connectivity index (χ1v) is 18.2. The number of anilines is 2. The molecular weight excluding hydrogens is 604 g/mol. The lowest BCUT2D eigenvalue weighted by atomic mass is 10.1. The number of aryl methyl sites for hydroxylation is 2. The standard InChI is InChI=1S/C40H60N2O6/c1-2-3-4-11-18-37(48-40(45)30-29-39(44)47-32-15-17-34-23-27-36(42)28-24-34)19-12-9-7-5-6-8-10-13-20-38(43)46-31-14-16-33-21-25-35(41)26-22-33/h9,12,21-28,37H,2-8,10-11,13-20,29-32,41-42H2,1H3/b12-9-/t37-/m1/s1. The highest BCUT2D eigenvalue weighted by molar-refractivity contribution is 5.77. The van der Waals surface area contributed by atoms with E-state index in [0.717, 1.165) is 107 Å². The summed E-state index contributed by atoms with van der Waals surface area (Å²) in [7, 11) is 0. The Balaban J connectivity index is 1.51. The lowest BCUT2D eigenvalue weighted by Gasteiger charge is -2.16. The number of carbonyl (C=O) groups excluding carboxylic acids is 3. The normalized spacial score (nSPS) is 11.8. The van der Waals surface area contributed by atoms with E-state index in [0.29, 0.717) is 26.1 Å². The monoisotopic (exact) mass is 664 g/mol. The molecule has 48 heavy (non-hydrogen) atoms. The third-order valence-electron chi connectivity index (χ3n) is 8.23. The summed E-state index contributed by atoms with van der Waals surface area (Å²) in [5, 5.41) is 0. The van der Waals surface area contributed by atoms with Crippen LogP contribution < -0.4 is 11.5 Å². The maximum Gasteiger partial charge on any atom is 0.306 e. The maximum absolute atomic E-state index is 12.5. The van der Waals surface area contributed by atoms with Gasteiger partial charge in [-0.15, -0.1) is 0 Å². The summed E-state index contributed by atoms with van der Waals surface area (Å²) < 4.78 is 16.4. The Hall–Kier alpha value is -3.81. The average Bonchev–Trinajstić information content (AvgIpc) is 3.08. The van der Waals surface area contributed by atoms with Gasteiger partial charge in [-0.2, -0.15) is 0 Å². The molecule has 0 unspecified atom stereocenters. The van der Waals surface area contributed by atoms with Crippen LogP contribution in [0.3, 0.4) is 0 Å². The molecule has 4 N–H and O–H groups in total. The van der Waals surface area contributed by atoms with Gasteiger partial charge in [-0.3, -0.25) is 14.4 Å². The molecule has 0 aliphatic carbocycles. The van der Waals surface area contributed by atoms with E-state index in [1.807, 2.05) is 48.5 Å². The van der Waals surface area contributed by atoms with E-state index in [4.69, 9.17) is 25.7 Å². The van der Waals surface area contributed by atoms with Gasteiger partial charge in [0.05, 0.1) is 26.1 Å². The summed E-state index contributed by atoms with van der Waals surface area (Å²) >= 11 is 0. The molecule has 0 aromatic heterocycles. The summed E-state index contributed by atoms with van der Waals surface area (Å²) in [4.78, 5) is 36.6. The molecule has 0 bridgehead atoms. The van der Waals surface area contributed by atoms with Crippen LogP contribution in [0.25, 0.3) is 0 Å². The van der Waals surface area contributed by atoms with Crippen molar-refractivity contribution >= 4 is 29.3 Å². The van der Waals surface area contributed by atoms with Crippen molar-refractivity contribution < 1.29 is 28.6 Å². The van der Waals surface area contributed by atoms with Gasteiger partial charge in [-0.1, -0.05) is 81.9 Å². The fourth-order valence-corrected chi connectivity index (χ4v) is 5.34. The first-order valence-electron chi connectivity index (χ1n) is 18.2. The van der Waals surface area contributed by atoms with E-state index >= 15 is 0 Å². The van der Waals surface area contributed by atoms with Gasteiger partial charge >= 0.3 is 17.9 Å². The second-order valence-electron chi connectivity index (χ2n) is 12.6. The van der Waals surface area contributed by atoms with Crippen LogP contribution in [0, 0.1) is 0 Å². The zero-order valence-corrected chi connectivity index (χ0v) is 29.3. The smallest absolute Gasteiger partial charge is 0.306 e. The second-order valence-corrected chi connectivity index (χ2v) is 12.6. The molecule has 266 valence electrons. The molecule has 1 atom stereocenters. The zero-order valence-electron chi connectivity index (χ0n) is 29.3. The topological polar surface area (TPSA) is 131 Å². The molecular formula is C40H60N2O6. The quantitative estimate of drug-likeness (QED) is 0.0318. The van der Waals surface area contributed by atoms with E-state index < -0.39 is 0 Å². The van der Waals surface area contributed by atoms with E-state index in [2.05, 4.69) is 19.1 Å². The summed E-state index contributed by atoms with van der Waals surface area (Å²) in [6.45, 7) is 2.96. The molecule has 0 radical (unpaired) electrons. The minimum absolute atomic E-state index is 0.0333. The number of nitrogen functional groups attached to an aromatic ring is 2. The minimum Gasteiger partial charge on any atom is -0.466 e. The molecule has 2 aromatic carbocycles.